The van der Waals surface area contributed by atoms with Crippen LogP contribution in [-0.2, 0) is 24.6 Å². The number of pyridine rings is 1. The van der Waals surface area contributed by atoms with Gasteiger partial charge in [-0.05, 0) is 35.9 Å². The van der Waals surface area contributed by atoms with Crippen molar-refractivity contribution in [3.05, 3.63) is 93.9 Å². The first-order valence-electron chi connectivity index (χ1n) is 8.71. The quantitative estimate of drug-likeness (QED) is 0.639. The third-order valence-corrected chi connectivity index (χ3v) is 4.07. The first-order chi connectivity index (χ1) is 13.9. The van der Waals surface area contributed by atoms with Crippen LogP contribution in [0.4, 0.5) is 14.5 Å². The second kappa shape index (κ2) is 9.11. The number of aliphatic hydroxyl groups excluding tert-OH is 1. The SMILES string of the molecule is O=C(Cn1cc(OCc2ccc(F)cc2)c(=O)cc1CO)Nc1cccc(F)c1. The van der Waals surface area contributed by atoms with E-state index < -0.39 is 23.8 Å². The van der Waals surface area contributed by atoms with E-state index in [1.54, 1.807) is 0 Å². The third-order valence-electron chi connectivity index (χ3n) is 4.07. The van der Waals surface area contributed by atoms with Crippen LogP contribution in [0.3, 0.4) is 0 Å². The van der Waals surface area contributed by atoms with Crippen LogP contribution in [-0.4, -0.2) is 15.6 Å². The highest BCUT2D eigenvalue weighted by Crippen LogP contribution is 2.13. The topological polar surface area (TPSA) is 80.6 Å². The highest BCUT2D eigenvalue weighted by atomic mass is 19.1. The van der Waals surface area contributed by atoms with E-state index in [1.807, 2.05) is 0 Å². The Kier molecular flexibility index (Phi) is 6.36. The number of anilines is 1. The summed E-state index contributed by atoms with van der Waals surface area (Å²) in [4.78, 5) is 24.5. The molecule has 0 fully saturated rings. The van der Waals surface area contributed by atoms with Crippen LogP contribution in [0, 0.1) is 11.6 Å². The van der Waals surface area contributed by atoms with Gasteiger partial charge in [0.1, 0.15) is 24.8 Å². The molecule has 3 aromatic rings. The molecule has 1 aromatic heterocycles. The third kappa shape index (κ3) is 5.49. The molecule has 29 heavy (non-hydrogen) atoms. The van der Waals surface area contributed by atoms with E-state index in [0.717, 1.165) is 0 Å². The molecule has 0 aliphatic carbocycles. The number of nitrogens with zero attached hydrogens (tertiary/aromatic N) is 1. The Morgan fingerprint density at radius 3 is 2.52 bits per heavy atom. The van der Waals surface area contributed by atoms with Gasteiger partial charge in [-0.15, -0.1) is 0 Å². The van der Waals surface area contributed by atoms with Gasteiger partial charge in [-0.3, -0.25) is 9.59 Å². The summed E-state index contributed by atoms with van der Waals surface area (Å²) in [5.41, 5.74) is 0.707. The van der Waals surface area contributed by atoms with Crippen molar-refractivity contribution in [3.63, 3.8) is 0 Å². The summed E-state index contributed by atoms with van der Waals surface area (Å²) in [6, 6.07) is 12.2. The lowest BCUT2D eigenvalue weighted by Crippen LogP contribution is -2.23. The summed E-state index contributed by atoms with van der Waals surface area (Å²) in [5, 5.41) is 12.0. The van der Waals surface area contributed by atoms with Gasteiger partial charge in [0.2, 0.25) is 11.3 Å². The fourth-order valence-electron chi connectivity index (χ4n) is 2.65. The van der Waals surface area contributed by atoms with Crippen LogP contribution in [0.15, 0.2) is 65.6 Å². The predicted molar refractivity (Wildman–Crippen MR) is 102 cm³/mol. The number of rotatable bonds is 7. The number of amides is 1. The van der Waals surface area contributed by atoms with Crippen LogP contribution in [0.5, 0.6) is 5.75 Å². The molecule has 0 aliphatic rings. The molecule has 6 nitrogen and oxygen atoms in total. The zero-order chi connectivity index (χ0) is 20.8. The molecule has 0 radical (unpaired) electrons. The molecular weight excluding hydrogens is 382 g/mol. The molecular formula is C21H18F2N2O4. The molecule has 2 N–H and O–H groups in total. The number of hydrogen-bond acceptors (Lipinski definition) is 4. The minimum Gasteiger partial charge on any atom is -0.483 e. The highest BCUT2D eigenvalue weighted by Gasteiger charge is 2.11. The number of ether oxygens (including phenoxy) is 1. The Bertz CT molecular complexity index is 1070. The Hall–Kier alpha value is -3.52. The molecule has 0 unspecified atom stereocenters. The van der Waals surface area contributed by atoms with Crippen molar-refractivity contribution in [1.29, 1.82) is 0 Å². The number of aliphatic hydroxyl groups is 1. The monoisotopic (exact) mass is 400 g/mol. The van der Waals surface area contributed by atoms with E-state index in [1.165, 1.54) is 65.4 Å². The maximum Gasteiger partial charge on any atom is 0.244 e. The van der Waals surface area contributed by atoms with Crippen LogP contribution in [0.2, 0.25) is 0 Å². The van der Waals surface area contributed by atoms with Gasteiger partial charge in [0, 0.05) is 17.4 Å². The number of nitrogens with one attached hydrogen (secondary N) is 1. The minimum atomic E-state index is -0.487. The number of carbonyl (C=O) groups is 1. The molecule has 0 spiro atoms. The first-order valence-corrected chi connectivity index (χ1v) is 8.71. The van der Waals surface area contributed by atoms with E-state index in [-0.39, 0.29) is 36.1 Å². The van der Waals surface area contributed by atoms with Crippen LogP contribution in [0.25, 0.3) is 0 Å². The average Bonchev–Trinajstić information content (AvgIpc) is 2.69. The van der Waals surface area contributed by atoms with Crippen molar-refractivity contribution in [2.24, 2.45) is 0 Å². The molecule has 0 aliphatic heterocycles. The molecule has 0 saturated carbocycles. The van der Waals surface area contributed by atoms with Gasteiger partial charge in [-0.1, -0.05) is 18.2 Å². The normalized spacial score (nSPS) is 10.6. The fraction of sp³-hybridized carbons (Fsp3) is 0.143. The van der Waals surface area contributed by atoms with Crippen molar-refractivity contribution in [2.75, 3.05) is 5.32 Å². The van der Waals surface area contributed by atoms with Crippen molar-refractivity contribution in [1.82, 2.24) is 4.57 Å². The molecule has 150 valence electrons. The number of halogens is 2. The van der Waals surface area contributed by atoms with Crippen LogP contribution >= 0.6 is 0 Å². The highest BCUT2D eigenvalue weighted by molar-refractivity contribution is 5.90. The summed E-state index contributed by atoms with van der Waals surface area (Å²) in [5.74, 6) is -1.37. The van der Waals surface area contributed by atoms with E-state index in [9.17, 15) is 23.5 Å². The zero-order valence-corrected chi connectivity index (χ0v) is 15.3. The Morgan fingerprint density at radius 2 is 1.83 bits per heavy atom. The Labute approximate surface area is 165 Å². The van der Waals surface area contributed by atoms with Crippen molar-refractivity contribution in [3.8, 4) is 5.75 Å². The predicted octanol–water partition coefficient (Wildman–Crippen LogP) is 2.84. The number of aromatic nitrogens is 1. The Balaban J connectivity index is 1.74. The second-order valence-corrected chi connectivity index (χ2v) is 6.25. The molecule has 0 saturated heterocycles. The lowest BCUT2D eigenvalue weighted by Gasteiger charge is -2.14. The van der Waals surface area contributed by atoms with Crippen molar-refractivity contribution >= 4 is 11.6 Å². The van der Waals surface area contributed by atoms with E-state index in [0.29, 0.717) is 5.56 Å². The fourth-order valence-corrected chi connectivity index (χ4v) is 2.65. The van der Waals surface area contributed by atoms with Gasteiger partial charge in [0.25, 0.3) is 0 Å². The van der Waals surface area contributed by atoms with Crippen molar-refractivity contribution < 1.29 is 23.4 Å². The van der Waals surface area contributed by atoms with E-state index in [2.05, 4.69) is 5.32 Å². The van der Waals surface area contributed by atoms with Gasteiger partial charge >= 0.3 is 0 Å². The largest absolute Gasteiger partial charge is 0.483 e. The van der Waals surface area contributed by atoms with Gasteiger partial charge < -0.3 is 19.7 Å². The van der Waals surface area contributed by atoms with E-state index >= 15 is 0 Å². The summed E-state index contributed by atoms with van der Waals surface area (Å²) >= 11 is 0. The lowest BCUT2D eigenvalue weighted by atomic mass is 10.2. The zero-order valence-electron chi connectivity index (χ0n) is 15.3. The smallest absolute Gasteiger partial charge is 0.244 e. The van der Waals surface area contributed by atoms with Crippen LogP contribution in [0.1, 0.15) is 11.3 Å². The number of hydrogen-bond donors (Lipinski definition) is 2. The maximum atomic E-state index is 13.2. The molecule has 0 bridgehead atoms. The number of benzene rings is 2. The lowest BCUT2D eigenvalue weighted by molar-refractivity contribution is -0.116. The van der Waals surface area contributed by atoms with Gasteiger partial charge in [-0.25, -0.2) is 8.78 Å². The minimum absolute atomic E-state index is 0.0231. The maximum absolute atomic E-state index is 13.2. The summed E-state index contributed by atoms with van der Waals surface area (Å²) in [7, 11) is 0. The van der Waals surface area contributed by atoms with Crippen LogP contribution < -0.4 is 15.5 Å². The van der Waals surface area contributed by atoms with Crippen molar-refractivity contribution in [2.45, 2.75) is 19.8 Å². The molecule has 1 heterocycles. The Morgan fingerprint density at radius 1 is 1.07 bits per heavy atom. The average molecular weight is 400 g/mol. The first kappa shape index (κ1) is 20.2. The van der Waals surface area contributed by atoms with Gasteiger partial charge in [0.05, 0.1) is 12.8 Å². The molecule has 1 amide bonds. The summed E-state index contributed by atoms with van der Waals surface area (Å²) < 4.78 is 33.1. The summed E-state index contributed by atoms with van der Waals surface area (Å²) in [6.07, 6.45) is 1.32. The number of carbonyl (C=O) groups excluding carboxylic acids is 1. The van der Waals surface area contributed by atoms with Gasteiger partial charge in [-0.2, -0.15) is 0 Å². The summed E-state index contributed by atoms with van der Waals surface area (Å²) in [6.45, 7) is -0.649. The molecule has 3 rings (SSSR count). The molecule has 2 aromatic carbocycles. The molecule has 8 heteroatoms. The molecule has 0 atom stereocenters. The van der Waals surface area contributed by atoms with Gasteiger partial charge in [0.15, 0.2) is 5.75 Å². The standard InChI is InChI=1S/C21H18F2N2O4/c22-15-6-4-14(5-7-15)13-29-20-10-25(18(12-26)9-19(20)27)11-21(28)24-17-3-1-2-16(23)8-17/h1-10,26H,11-13H2,(H,24,28). The second-order valence-electron chi connectivity index (χ2n) is 6.25. The van der Waals surface area contributed by atoms with E-state index in [4.69, 9.17) is 4.74 Å².